The average Bonchev–Trinajstić information content (AvgIpc) is 2.79. The van der Waals surface area contributed by atoms with Gasteiger partial charge in [-0.2, -0.15) is 0 Å². The van der Waals surface area contributed by atoms with E-state index < -0.39 is 0 Å². The molecule has 0 aliphatic heterocycles. The lowest BCUT2D eigenvalue weighted by Crippen LogP contribution is -1.91. The van der Waals surface area contributed by atoms with Gasteiger partial charge in [-0.25, -0.2) is 0 Å². The first-order valence-corrected chi connectivity index (χ1v) is 6.61. The molecule has 4 heteroatoms. The molecule has 0 fully saturated rings. The first kappa shape index (κ1) is 12.8. The van der Waals surface area contributed by atoms with Crippen molar-refractivity contribution in [1.82, 2.24) is 0 Å². The molecule has 0 bridgehead atoms. The molecule has 1 aromatic heterocycles. The Balaban J connectivity index is 2.47. The summed E-state index contributed by atoms with van der Waals surface area (Å²) in [4.78, 5) is 1.29. The summed E-state index contributed by atoms with van der Waals surface area (Å²) in [6, 6.07) is 7.99. The number of nitrogen functional groups attached to an aromatic ring is 1. The van der Waals surface area contributed by atoms with Crippen molar-refractivity contribution < 1.29 is 9.47 Å². The van der Waals surface area contributed by atoms with Gasteiger partial charge in [0.05, 0.1) is 19.2 Å². The van der Waals surface area contributed by atoms with E-state index in [-0.39, 0.29) is 0 Å². The van der Waals surface area contributed by atoms with E-state index in [4.69, 9.17) is 15.2 Å². The number of anilines is 1. The van der Waals surface area contributed by atoms with E-state index in [1.54, 1.807) is 25.6 Å². The number of hydrogen-bond donors (Lipinski definition) is 1. The molecule has 2 rings (SSSR count). The molecule has 0 unspecified atom stereocenters. The molecule has 0 aliphatic carbocycles. The quantitative estimate of drug-likeness (QED) is 0.917. The van der Waals surface area contributed by atoms with Crippen LogP contribution >= 0.6 is 11.3 Å². The summed E-state index contributed by atoms with van der Waals surface area (Å²) in [6.07, 6.45) is 1.00. The second-order valence-corrected chi connectivity index (χ2v) is 5.08. The molecule has 18 heavy (non-hydrogen) atoms. The van der Waals surface area contributed by atoms with Gasteiger partial charge in [-0.05, 0) is 30.2 Å². The topological polar surface area (TPSA) is 44.5 Å². The highest BCUT2D eigenvalue weighted by molar-refractivity contribution is 7.16. The van der Waals surface area contributed by atoms with Gasteiger partial charge in [0, 0.05) is 10.4 Å². The molecule has 0 spiro atoms. The Morgan fingerprint density at radius 2 is 1.83 bits per heavy atom. The lowest BCUT2D eigenvalue weighted by molar-refractivity contribution is 0.355. The van der Waals surface area contributed by atoms with Gasteiger partial charge in [0.2, 0.25) is 0 Å². The second kappa shape index (κ2) is 5.31. The third-order valence-corrected chi connectivity index (χ3v) is 3.96. The van der Waals surface area contributed by atoms with Gasteiger partial charge in [0.1, 0.15) is 0 Å². The van der Waals surface area contributed by atoms with Crippen LogP contribution in [0.5, 0.6) is 11.5 Å². The van der Waals surface area contributed by atoms with Crippen molar-refractivity contribution in [2.45, 2.75) is 13.3 Å². The van der Waals surface area contributed by atoms with E-state index in [1.165, 1.54) is 4.88 Å². The minimum Gasteiger partial charge on any atom is -0.493 e. The molecule has 2 aromatic rings. The van der Waals surface area contributed by atoms with Gasteiger partial charge in [-0.15, -0.1) is 11.3 Å². The van der Waals surface area contributed by atoms with Crippen LogP contribution in [0.2, 0.25) is 0 Å². The third kappa shape index (κ3) is 2.29. The number of benzene rings is 1. The molecule has 0 radical (unpaired) electrons. The maximum Gasteiger partial charge on any atom is 0.161 e. The van der Waals surface area contributed by atoms with Crippen LogP contribution < -0.4 is 15.2 Å². The summed E-state index contributed by atoms with van der Waals surface area (Å²) in [7, 11) is 3.27. The van der Waals surface area contributed by atoms with E-state index in [9.17, 15) is 0 Å². The zero-order valence-electron chi connectivity index (χ0n) is 10.8. The maximum atomic E-state index is 6.06. The fraction of sp³-hybridized carbons (Fsp3) is 0.286. The number of nitrogens with two attached hydrogens (primary N) is 1. The SMILES string of the molecule is CCc1cc(-c2ccc(OC)c(OC)c2)c(N)s1. The van der Waals surface area contributed by atoms with Crippen molar-refractivity contribution in [1.29, 1.82) is 0 Å². The second-order valence-electron chi connectivity index (χ2n) is 3.91. The Morgan fingerprint density at radius 3 is 2.39 bits per heavy atom. The molecular weight excluding hydrogens is 246 g/mol. The average molecular weight is 263 g/mol. The lowest BCUT2D eigenvalue weighted by atomic mass is 10.1. The number of methoxy groups -OCH3 is 2. The van der Waals surface area contributed by atoms with Crippen molar-refractivity contribution >= 4 is 16.3 Å². The molecule has 96 valence electrons. The van der Waals surface area contributed by atoms with Crippen LogP contribution in [0.15, 0.2) is 24.3 Å². The molecule has 0 aliphatic rings. The number of hydrogen-bond acceptors (Lipinski definition) is 4. The van der Waals surface area contributed by atoms with E-state index in [0.717, 1.165) is 34.0 Å². The summed E-state index contributed by atoms with van der Waals surface area (Å²) in [5.41, 5.74) is 8.18. The number of rotatable bonds is 4. The molecule has 0 atom stereocenters. The fourth-order valence-corrected chi connectivity index (χ4v) is 2.75. The van der Waals surface area contributed by atoms with E-state index >= 15 is 0 Å². The van der Waals surface area contributed by atoms with Gasteiger partial charge >= 0.3 is 0 Å². The standard InChI is InChI=1S/C14H17NO2S/c1-4-10-8-11(14(15)18-10)9-5-6-12(16-2)13(7-9)17-3/h5-8H,4,15H2,1-3H3. The lowest BCUT2D eigenvalue weighted by Gasteiger charge is -2.09. The van der Waals surface area contributed by atoms with E-state index in [1.807, 2.05) is 18.2 Å². The third-order valence-electron chi connectivity index (χ3n) is 2.85. The van der Waals surface area contributed by atoms with Crippen molar-refractivity contribution in [2.24, 2.45) is 0 Å². The zero-order chi connectivity index (χ0) is 13.1. The van der Waals surface area contributed by atoms with Crippen LogP contribution in [0.3, 0.4) is 0 Å². The van der Waals surface area contributed by atoms with Crippen molar-refractivity contribution in [3.05, 3.63) is 29.1 Å². The highest BCUT2D eigenvalue weighted by atomic mass is 32.1. The summed E-state index contributed by atoms with van der Waals surface area (Å²) in [5.74, 6) is 1.45. The van der Waals surface area contributed by atoms with Gasteiger partial charge in [-0.3, -0.25) is 0 Å². The summed E-state index contributed by atoms with van der Waals surface area (Å²) in [5, 5.41) is 0.846. The molecule has 0 saturated carbocycles. The van der Waals surface area contributed by atoms with Crippen molar-refractivity contribution in [2.75, 3.05) is 20.0 Å². The van der Waals surface area contributed by atoms with Gasteiger partial charge in [0.25, 0.3) is 0 Å². The molecular formula is C14H17NO2S. The Bertz CT molecular complexity index is 549. The summed E-state index contributed by atoms with van der Waals surface area (Å²) in [6.45, 7) is 2.13. The molecule has 0 amide bonds. The Hall–Kier alpha value is -1.68. The molecule has 3 nitrogen and oxygen atoms in total. The van der Waals surface area contributed by atoms with Crippen LogP contribution in [-0.4, -0.2) is 14.2 Å². The normalized spacial score (nSPS) is 10.4. The Kier molecular flexibility index (Phi) is 3.77. The fourth-order valence-electron chi connectivity index (χ4n) is 1.86. The van der Waals surface area contributed by atoms with Gasteiger partial charge < -0.3 is 15.2 Å². The minimum atomic E-state index is 0.721. The first-order valence-electron chi connectivity index (χ1n) is 5.80. The van der Waals surface area contributed by atoms with Crippen molar-refractivity contribution in [3.63, 3.8) is 0 Å². The predicted molar refractivity (Wildman–Crippen MR) is 76.6 cm³/mol. The monoisotopic (exact) mass is 263 g/mol. The number of aryl methyl sites for hydroxylation is 1. The first-order chi connectivity index (χ1) is 8.69. The van der Waals surface area contributed by atoms with Crippen LogP contribution in [0.4, 0.5) is 5.00 Å². The largest absolute Gasteiger partial charge is 0.493 e. The van der Waals surface area contributed by atoms with Gasteiger partial charge in [-0.1, -0.05) is 13.0 Å². The Labute approximate surface area is 111 Å². The highest BCUT2D eigenvalue weighted by Gasteiger charge is 2.11. The van der Waals surface area contributed by atoms with Crippen molar-refractivity contribution in [3.8, 4) is 22.6 Å². The number of thiophene rings is 1. The van der Waals surface area contributed by atoms with Gasteiger partial charge in [0.15, 0.2) is 11.5 Å². The maximum absolute atomic E-state index is 6.06. The van der Waals surface area contributed by atoms with E-state index in [2.05, 4.69) is 13.0 Å². The predicted octanol–water partition coefficient (Wildman–Crippen LogP) is 3.58. The van der Waals surface area contributed by atoms with E-state index in [0.29, 0.717) is 0 Å². The zero-order valence-corrected chi connectivity index (χ0v) is 11.6. The van der Waals surface area contributed by atoms with Crippen LogP contribution in [0, 0.1) is 0 Å². The molecule has 2 N–H and O–H groups in total. The molecule has 1 aromatic carbocycles. The molecule has 1 heterocycles. The molecule has 0 saturated heterocycles. The van der Waals surface area contributed by atoms with Crippen LogP contribution in [0.25, 0.3) is 11.1 Å². The summed E-state index contributed by atoms with van der Waals surface area (Å²) < 4.78 is 10.5. The smallest absolute Gasteiger partial charge is 0.161 e. The summed E-state index contributed by atoms with van der Waals surface area (Å²) >= 11 is 1.64. The highest BCUT2D eigenvalue weighted by Crippen LogP contribution is 2.38. The van der Waals surface area contributed by atoms with Crippen LogP contribution in [0.1, 0.15) is 11.8 Å². The Morgan fingerprint density at radius 1 is 1.11 bits per heavy atom. The van der Waals surface area contributed by atoms with Crippen LogP contribution in [-0.2, 0) is 6.42 Å². The minimum absolute atomic E-state index is 0.721. The number of ether oxygens (including phenoxy) is 2.